The molecular weight excluding hydrogens is 228 g/mol. The molecule has 2 rings (SSSR count). The van der Waals surface area contributed by atoms with Crippen LogP contribution in [-0.4, -0.2) is 10.5 Å². The van der Waals surface area contributed by atoms with Crippen molar-refractivity contribution in [3.8, 4) is 6.07 Å². The van der Waals surface area contributed by atoms with Gasteiger partial charge in [0.25, 0.3) is 0 Å². The van der Waals surface area contributed by atoms with E-state index in [0.717, 1.165) is 22.5 Å². The lowest BCUT2D eigenvalue weighted by atomic mass is 10.1. The summed E-state index contributed by atoms with van der Waals surface area (Å²) in [6.45, 7) is 0.593. The van der Waals surface area contributed by atoms with Gasteiger partial charge in [-0.25, -0.2) is 0 Å². The third kappa shape index (κ3) is 2.41. The monoisotopic (exact) mass is 239 g/mol. The smallest absolute Gasteiger partial charge is 0.0643 e. The van der Waals surface area contributed by atoms with Gasteiger partial charge in [0.05, 0.1) is 18.5 Å². The lowest BCUT2D eigenvalue weighted by molar-refractivity contribution is -0.297. The van der Waals surface area contributed by atoms with Crippen molar-refractivity contribution in [3.05, 3.63) is 42.1 Å². The molecule has 0 saturated heterocycles. The quantitative estimate of drug-likeness (QED) is 0.755. The number of carboxylic acids is 1. The Morgan fingerprint density at radius 1 is 1.44 bits per heavy atom. The van der Waals surface area contributed by atoms with Crippen molar-refractivity contribution in [1.82, 2.24) is 4.57 Å². The van der Waals surface area contributed by atoms with Crippen molar-refractivity contribution in [2.45, 2.75) is 13.0 Å². The van der Waals surface area contributed by atoms with Gasteiger partial charge in [-0.3, -0.25) is 0 Å². The molecular formula is C14H11N2O2-. The molecule has 0 bridgehead atoms. The summed E-state index contributed by atoms with van der Waals surface area (Å²) in [4.78, 5) is 10.4. The highest BCUT2D eigenvalue weighted by atomic mass is 16.4. The fourth-order valence-corrected chi connectivity index (χ4v) is 1.92. The van der Waals surface area contributed by atoms with Crippen molar-refractivity contribution < 1.29 is 9.90 Å². The standard InChI is InChI=1S/C14H12N2O2/c15-8-3-9-16-10-11(6-7-14(17)18)12-4-1-2-5-13(12)16/h1-2,4-7,10H,3,9H2,(H,17,18)/p-1/b7-6+. The number of hydrogen-bond acceptors (Lipinski definition) is 3. The van der Waals surface area contributed by atoms with Crippen LogP contribution < -0.4 is 5.11 Å². The molecule has 2 aromatic rings. The molecule has 0 aliphatic carbocycles. The minimum absolute atomic E-state index is 0.419. The summed E-state index contributed by atoms with van der Waals surface area (Å²) in [5, 5.41) is 20.0. The Balaban J connectivity index is 2.47. The molecule has 0 unspecified atom stereocenters. The van der Waals surface area contributed by atoms with Crippen molar-refractivity contribution >= 4 is 22.9 Å². The molecule has 1 heterocycles. The Kier molecular flexibility index (Phi) is 3.44. The molecule has 18 heavy (non-hydrogen) atoms. The van der Waals surface area contributed by atoms with Crippen molar-refractivity contribution in [2.75, 3.05) is 0 Å². The summed E-state index contributed by atoms with van der Waals surface area (Å²) in [6.07, 6.45) is 4.79. The first kappa shape index (κ1) is 11.9. The summed E-state index contributed by atoms with van der Waals surface area (Å²) in [7, 11) is 0. The largest absolute Gasteiger partial charge is 0.545 e. The van der Waals surface area contributed by atoms with E-state index >= 15 is 0 Å². The van der Waals surface area contributed by atoms with Crippen LogP contribution in [0.4, 0.5) is 0 Å². The maximum Gasteiger partial charge on any atom is 0.0643 e. The molecule has 0 aliphatic rings. The number of nitrogens with zero attached hydrogens (tertiary/aromatic N) is 2. The molecule has 0 N–H and O–H groups in total. The first-order valence-corrected chi connectivity index (χ1v) is 5.56. The van der Waals surface area contributed by atoms with Gasteiger partial charge in [-0.2, -0.15) is 5.26 Å². The zero-order valence-electron chi connectivity index (χ0n) is 9.67. The number of para-hydroxylation sites is 1. The van der Waals surface area contributed by atoms with Gasteiger partial charge in [-0.1, -0.05) is 24.3 Å². The molecule has 4 heteroatoms. The zero-order chi connectivity index (χ0) is 13.0. The maximum atomic E-state index is 10.4. The predicted octanol–water partition coefficient (Wildman–Crippen LogP) is 1.32. The van der Waals surface area contributed by atoms with Crippen LogP contribution >= 0.6 is 0 Å². The van der Waals surface area contributed by atoms with E-state index in [9.17, 15) is 9.90 Å². The lowest BCUT2D eigenvalue weighted by Gasteiger charge is -2.00. The number of hydrogen-bond donors (Lipinski definition) is 0. The molecule has 0 atom stereocenters. The number of fused-ring (bicyclic) bond motifs is 1. The molecule has 0 aliphatic heterocycles. The number of carbonyl (C=O) groups excluding carboxylic acids is 1. The van der Waals surface area contributed by atoms with E-state index in [0.29, 0.717) is 13.0 Å². The van der Waals surface area contributed by atoms with Gasteiger partial charge in [0, 0.05) is 29.2 Å². The highest BCUT2D eigenvalue weighted by Gasteiger charge is 2.05. The molecule has 1 aromatic carbocycles. The number of aromatic nitrogens is 1. The normalized spacial score (nSPS) is 10.8. The number of rotatable bonds is 4. The molecule has 0 fully saturated rings. The third-order valence-corrected chi connectivity index (χ3v) is 2.68. The summed E-state index contributed by atoms with van der Waals surface area (Å²) in [5.41, 5.74) is 1.80. The first-order chi connectivity index (χ1) is 8.72. The van der Waals surface area contributed by atoms with E-state index in [1.54, 1.807) is 0 Å². The van der Waals surface area contributed by atoms with E-state index in [4.69, 9.17) is 5.26 Å². The van der Waals surface area contributed by atoms with E-state index in [2.05, 4.69) is 6.07 Å². The van der Waals surface area contributed by atoms with Gasteiger partial charge in [0.1, 0.15) is 0 Å². The minimum atomic E-state index is -1.22. The van der Waals surface area contributed by atoms with Crippen LogP contribution in [0.5, 0.6) is 0 Å². The van der Waals surface area contributed by atoms with Crippen LogP contribution in [-0.2, 0) is 11.3 Å². The second kappa shape index (κ2) is 5.19. The number of aryl methyl sites for hydroxylation is 1. The Morgan fingerprint density at radius 3 is 2.94 bits per heavy atom. The summed E-state index contributed by atoms with van der Waals surface area (Å²) in [6, 6.07) is 9.78. The van der Waals surface area contributed by atoms with E-state index in [1.807, 2.05) is 35.0 Å². The van der Waals surface area contributed by atoms with Gasteiger partial charge >= 0.3 is 0 Å². The van der Waals surface area contributed by atoms with Crippen LogP contribution in [0.3, 0.4) is 0 Å². The number of benzene rings is 1. The van der Waals surface area contributed by atoms with Crippen LogP contribution in [0.1, 0.15) is 12.0 Å². The second-order valence-corrected chi connectivity index (χ2v) is 3.86. The van der Waals surface area contributed by atoms with Crippen LogP contribution in [0.25, 0.3) is 17.0 Å². The van der Waals surface area contributed by atoms with E-state index in [1.165, 1.54) is 6.08 Å². The van der Waals surface area contributed by atoms with Gasteiger partial charge in [-0.15, -0.1) is 0 Å². The van der Waals surface area contributed by atoms with Gasteiger partial charge < -0.3 is 14.5 Å². The number of carboxylic acid groups (broad SMARTS) is 1. The van der Waals surface area contributed by atoms with Crippen molar-refractivity contribution in [3.63, 3.8) is 0 Å². The van der Waals surface area contributed by atoms with E-state index in [-0.39, 0.29) is 0 Å². The van der Waals surface area contributed by atoms with Crippen LogP contribution in [0.15, 0.2) is 36.5 Å². The van der Waals surface area contributed by atoms with Crippen LogP contribution in [0, 0.1) is 11.3 Å². The fourth-order valence-electron chi connectivity index (χ4n) is 1.92. The average Bonchev–Trinajstić information content (AvgIpc) is 2.72. The minimum Gasteiger partial charge on any atom is -0.545 e. The zero-order valence-corrected chi connectivity index (χ0v) is 9.67. The van der Waals surface area contributed by atoms with Crippen LogP contribution in [0.2, 0.25) is 0 Å². The predicted molar refractivity (Wildman–Crippen MR) is 66.2 cm³/mol. The Morgan fingerprint density at radius 2 is 2.22 bits per heavy atom. The topological polar surface area (TPSA) is 68.8 Å². The average molecular weight is 239 g/mol. The molecule has 90 valence electrons. The highest BCUT2D eigenvalue weighted by molar-refractivity contribution is 5.93. The molecule has 0 amide bonds. The molecule has 0 saturated carbocycles. The fraction of sp³-hybridized carbons (Fsp3) is 0.143. The number of nitriles is 1. The lowest BCUT2D eigenvalue weighted by Crippen LogP contribution is -2.18. The summed E-state index contributed by atoms with van der Waals surface area (Å²) < 4.78 is 1.95. The first-order valence-electron chi connectivity index (χ1n) is 5.56. The van der Waals surface area contributed by atoms with Crippen molar-refractivity contribution in [1.29, 1.82) is 5.26 Å². The number of carbonyl (C=O) groups is 1. The highest BCUT2D eigenvalue weighted by Crippen LogP contribution is 2.22. The Bertz CT molecular complexity index is 647. The Labute approximate surface area is 104 Å². The maximum absolute atomic E-state index is 10.4. The van der Waals surface area contributed by atoms with Crippen molar-refractivity contribution in [2.24, 2.45) is 0 Å². The second-order valence-electron chi connectivity index (χ2n) is 3.86. The third-order valence-electron chi connectivity index (χ3n) is 2.68. The molecule has 0 radical (unpaired) electrons. The van der Waals surface area contributed by atoms with Gasteiger partial charge in [0.2, 0.25) is 0 Å². The molecule has 0 spiro atoms. The molecule has 1 aromatic heterocycles. The van der Waals surface area contributed by atoms with E-state index < -0.39 is 5.97 Å². The molecule has 4 nitrogen and oxygen atoms in total. The number of aliphatic carboxylic acids is 1. The summed E-state index contributed by atoms with van der Waals surface area (Å²) in [5.74, 6) is -1.22. The van der Waals surface area contributed by atoms with Gasteiger partial charge in [0.15, 0.2) is 0 Å². The summed E-state index contributed by atoms with van der Waals surface area (Å²) >= 11 is 0. The Hall–Kier alpha value is -2.54. The van der Waals surface area contributed by atoms with Gasteiger partial charge in [-0.05, 0) is 12.1 Å². The SMILES string of the molecule is N#CCCn1cc(/C=C/C(=O)[O-])c2ccccc21.